The number of fused-ring (bicyclic) bond motifs is 4. The van der Waals surface area contributed by atoms with Gasteiger partial charge in [0.15, 0.2) is 17.8 Å². The molecule has 0 aromatic rings. The number of aliphatic hydroxyl groups excluding tert-OH is 1. The largest absolute Gasteiger partial charge is 0.489 e. The first-order valence-electron chi connectivity index (χ1n) is 10.1. The van der Waals surface area contributed by atoms with Gasteiger partial charge < -0.3 is 34.3 Å². The predicted octanol–water partition coefficient (Wildman–Crippen LogP) is -0.543. The van der Waals surface area contributed by atoms with Gasteiger partial charge in [-0.15, -0.1) is 0 Å². The summed E-state index contributed by atoms with van der Waals surface area (Å²) in [6, 6.07) is 0.194. The summed E-state index contributed by atoms with van der Waals surface area (Å²) in [7, 11) is 1.56. The maximum Gasteiger partial charge on any atom is 0.226 e. The van der Waals surface area contributed by atoms with E-state index in [1.807, 2.05) is 4.90 Å². The maximum atomic E-state index is 13.4. The fourth-order valence-electron chi connectivity index (χ4n) is 5.26. The van der Waals surface area contributed by atoms with Crippen molar-refractivity contribution >= 4 is 11.6 Å². The van der Waals surface area contributed by atoms with Crippen LogP contribution >= 0.6 is 0 Å². The number of methoxy groups -OCH3 is 1. The molecule has 4 aliphatic heterocycles. The number of hydrogen-bond donors (Lipinski definition) is 2. The number of ether oxygens (including phenoxy) is 4. The van der Waals surface area contributed by atoms with Crippen LogP contribution in [0.1, 0.15) is 19.8 Å². The summed E-state index contributed by atoms with van der Waals surface area (Å²) in [6.07, 6.45) is 0.975. The summed E-state index contributed by atoms with van der Waals surface area (Å²) in [5, 5.41) is 13.5. The molecule has 0 radical (unpaired) electrons. The number of nitrogens with zero attached hydrogens (tertiary/aromatic N) is 1. The van der Waals surface area contributed by atoms with Crippen LogP contribution < -0.4 is 5.32 Å². The Labute approximate surface area is 168 Å². The van der Waals surface area contributed by atoms with Crippen LogP contribution in [0.3, 0.4) is 0 Å². The number of carbonyl (C=O) groups is 2. The molecule has 3 fully saturated rings. The summed E-state index contributed by atoms with van der Waals surface area (Å²) in [5.74, 6) is -1.14. The van der Waals surface area contributed by atoms with Crippen LogP contribution in [0.5, 0.6) is 0 Å². The van der Waals surface area contributed by atoms with E-state index in [1.165, 1.54) is 0 Å². The van der Waals surface area contributed by atoms with E-state index in [9.17, 15) is 14.7 Å². The second-order valence-corrected chi connectivity index (χ2v) is 8.09. The average Bonchev–Trinajstić information content (AvgIpc) is 3.35. The lowest BCUT2D eigenvalue weighted by molar-refractivity contribution is -0.185. The summed E-state index contributed by atoms with van der Waals surface area (Å²) >= 11 is 0. The van der Waals surface area contributed by atoms with Gasteiger partial charge in [-0.25, -0.2) is 0 Å². The first kappa shape index (κ1) is 19.2. The van der Waals surface area contributed by atoms with Gasteiger partial charge in [-0.2, -0.15) is 0 Å². The maximum absolute atomic E-state index is 13.4. The van der Waals surface area contributed by atoms with Crippen LogP contribution in [-0.2, 0) is 28.5 Å². The molecule has 5 rings (SSSR count). The van der Waals surface area contributed by atoms with Gasteiger partial charge in [-0.3, -0.25) is 9.59 Å². The first-order chi connectivity index (χ1) is 14.0. The molecule has 0 spiro atoms. The fraction of sp³-hybridized carbons (Fsp3) is 0.700. The molecular weight excluding hydrogens is 380 g/mol. The van der Waals surface area contributed by atoms with Crippen LogP contribution in [-0.4, -0.2) is 85.8 Å². The number of nitrogens with one attached hydrogen (secondary N) is 1. The second-order valence-electron chi connectivity index (χ2n) is 8.09. The Hall–Kier alpha value is -1.78. The summed E-state index contributed by atoms with van der Waals surface area (Å²) < 4.78 is 22.6. The van der Waals surface area contributed by atoms with Crippen molar-refractivity contribution < 1.29 is 33.6 Å². The Morgan fingerprint density at radius 2 is 2.03 bits per heavy atom. The SMILES string of the molecule is COC12C(CO)C3=C(C(=O)C(C)=C(OCCC4OCCCO4)C3=O)N1CC1NC12. The molecule has 158 valence electrons. The molecule has 0 aromatic carbocycles. The van der Waals surface area contributed by atoms with E-state index in [0.29, 0.717) is 37.4 Å². The number of ketones is 2. The molecule has 0 saturated carbocycles. The van der Waals surface area contributed by atoms with Crippen molar-refractivity contribution in [2.75, 3.05) is 40.1 Å². The van der Waals surface area contributed by atoms with E-state index in [1.54, 1.807) is 14.0 Å². The van der Waals surface area contributed by atoms with Crippen molar-refractivity contribution in [1.82, 2.24) is 10.2 Å². The molecular formula is C20H26N2O7. The third kappa shape index (κ3) is 2.58. The van der Waals surface area contributed by atoms with E-state index >= 15 is 0 Å². The smallest absolute Gasteiger partial charge is 0.226 e. The Bertz CT molecular complexity index is 816. The molecule has 5 aliphatic rings. The minimum absolute atomic E-state index is 0.0128. The highest BCUT2D eigenvalue weighted by Gasteiger charge is 2.72. The van der Waals surface area contributed by atoms with Crippen LogP contribution in [0.25, 0.3) is 0 Å². The van der Waals surface area contributed by atoms with Crippen molar-refractivity contribution in [2.45, 2.75) is 43.9 Å². The monoisotopic (exact) mass is 406 g/mol. The molecule has 4 atom stereocenters. The number of carbonyl (C=O) groups excluding carboxylic acids is 2. The van der Waals surface area contributed by atoms with Gasteiger partial charge >= 0.3 is 0 Å². The first-order valence-corrected chi connectivity index (χ1v) is 10.1. The van der Waals surface area contributed by atoms with Gasteiger partial charge in [0.1, 0.15) is 0 Å². The quantitative estimate of drug-likeness (QED) is 0.443. The van der Waals surface area contributed by atoms with Gasteiger partial charge in [0, 0.05) is 37.3 Å². The molecule has 9 heteroatoms. The second kappa shape index (κ2) is 6.88. The highest BCUT2D eigenvalue weighted by atomic mass is 16.7. The molecule has 1 aliphatic carbocycles. The lowest BCUT2D eigenvalue weighted by atomic mass is 9.83. The van der Waals surface area contributed by atoms with Gasteiger partial charge in [-0.05, 0) is 13.3 Å². The highest BCUT2D eigenvalue weighted by molar-refractivity contribution is 6.25. The average molecular weight is 406 g/mol. The zero-order valence-corrected chi connectivity index (χ0v) is 16.6. The zero-order valence-electron chi connectivity index (χ0n) is 16.6. The number of allylic oxidation sites excluding steroid dienone is 2. The van der Waals surface area contributed by atoms with Gasteiger partial charge in [0.25, 0.3) is 0 Å². The lowest BCUT2D eigenvalue weighted by Gasteiger charge is -2.39. The minimum atomic E-state index is -0.908. The molecule has 2 N–H and O–H groups in total. The number of rotatable bonds is 6. The zero-order chi connectivity index (χ0) is 20.3. The van der Waals surface area contributed by atoms with E-state index < -0.39 is 11.6 Å². The number of aliphatic hydroxyl groups is 1. The molecule has 4 heterocycles. The van der Waals surface area contributed by atoms with E-state index in [4.69, 9.17) is 18.9 Å². The van der Waals surface area contributed by atoms with Crippen molar-refractivity contribution in [1.29, 1.82) is 0 Å². The normalized spacial score (nSPS) is 36.5. The van der Waals surface area contributed by atoms with Crippen molar-refractivity contribution in [3.8, 4) is 0 Å². The van der Waals surface area contributed by atoms with Gasteiger partial charge in [0.2, 0.25) is 11.6 Å². The van der Waals surface area contributed by atoms with Gasteiger partial charge in [0.05, 0.1) is 44.1 Å². The van der Waals surface area contributed by atoms with Crippen molar-refractivity contribution in [3.63, 3.8) is 0 Å². The van der Waals surface area contributed by atoms with E-state index in [0.717, 1.165) is 6.42 Å². The molecule has 9 nitrogen and oxygen atoms in total. The predicted molar refractivity (Wildman–Crippen MR) is 98.4 cm³/mol. The van der Waals surface area contributed by atoms with Crippen molar-refractivity contribution in [2.24, 2.45) is 5.92 Å². The third-order valence-corrected chi connectivity index (χ3v) is 6.66. The van der Waals surface area contributed by atoms with Crippen LogP contribution in [0, 0.1) is 5.92 Å². The van der Waals surface area contributed by atoms with Gasteiger partial charge in [-0.1, -0.05) is 0 Å². The van der Waals surface area contributed by atoms with E-state index in [-0.39, 0.29) is 54.5 Å². The summed E-state index contributed by atoms with van der Waals surface area (Å²) in [5.41, 5.74) is 0.0388. The number of Topliss-reactive ketones (excluding diaryl/α,β-unsaturated/α-hetero) is 2. The lowest BCUT2D eigenvalue weighted by Crippen LogP contribution is -2.54. The Morgan fingerprint density at radius 3 is 2.72 bits per heavy atom. The molecule has 0 amide bonds. The molecule has 4 unspecified atom stereocenters. The standard InChI is InChI=1S/C20H26N2O7/c1-10-16(24)15-14(11(9-23)20(26-2)19-12(21-19)8-22(15)20)17(25)18(10)29-7-4-13-27-5-3-6-28-13/h11-13,19,21,23H,3-9H2,1-2H3. The Kier molecular flexibility index (Phi) is 4.56. The number of hydrogen-bond acceptors (Lipinski definition) is 9. The molecule has 29 heavy (non-hydrogen) atoms. The van der Waals surface area contributed by atoms with Crippen molar-refractivity contribution in [3.05, 3.63) is 22.6 Å². The molecule has 0 aromatic heterocycles. The minimum Gasteiger partial charge on any atom is -0.489 e. The molecule has 3 saturated heterocycles. The number of piperazine rings is 1. The van der Waals surface area contributed by atoms with E-state index in [2.05, 4.69) is 5.32 Å². The fourth-order valence-corrected chi connectivity index (χ4v) is 5.26. The highest BCUT2D eigenvalue weighted by Crippen LogP contribution is 2.55. The summed E-state index contributed by atoms with van der Waals surface area (Å²) in [4.78, 5) is 28.4. The third-order valence-electron chi connectivity index (χ3n) is 6.66. The van der Waals surface area contributed by atoms with Crippen LogP contribution in [0.4, 0.5) is 0 Å². The topological polar surface area (TPSA) is 116 Å². The Balaban J connectivity index is 1.39. The Morgan fingerprint density at radius 1 is 1.28 bits per heavy atom. The van der Waals surface area contributed by atoms with Crippen LogP contribution in [0.2, 0.25) is 0 Å². The van der Waals surface area contributed by atoms with Crippen LogP contribution in [0.15, 0.2) is 22.6 Å². The molecule has 0 bridgehead atoms. The summed E-state index contributed by atoms with van der Waals surface area (Å²) in [6.45, 7) is 3.39.